The smallest absolute Gasteiger partial charge is 0.315 e. The number of nitro benzene ring substituents is 1. The van der Waals surface area contributed by atoms with E-state index in [-0.39, 0.29) is 36.2 Å². The van der Waals surface area contributed by atoms with Gasteiger partial charge in [0.05, 0.1) is 35.3 Å². The lowest BCUT2D eigenvalue weighted by Gasteiger charge is -2.12. The summed E-state index contributed by atoms with van der Waals surface area (Å²) in [6, 6.07) is 17.1. The number of ether oxygens (including phenoxy) is 2. The highest BCUT2D eigenvalue weighted by Gasteiger charge is 2.22. The summed E-state index contributed by atoms with van der Waals surface area (Å²) in [4.78, 5) is 29.4. The van der Waals surface area contributed by atoms with Crippen molar-refractivity contribution in [2.75, 3.05) is 13.2 Å². The van der Waals surface area contributed by atoms with Gasteiger partial charge in [0, 0.05) is 21.5 Å². The molecule has 0 atom stereocenters. The zero-order valence-electron chi connectivity index (χ0n) is 20.4. The summed E-state index contributed by atoms with van der Waals surface area (Å²) >= 11 is 3.45. The van der Waals surface area contributed by atoms with Gasteiger partial charge in [-0.2, -0.15) is 9.78 Å². The van der Waals surface area contributed by atoms with Crippen LogP contribution in [-0.4, -0.2) is 34.0 Å². The van der Waals surface area contributed by atoms with Gasteiger partial charge in [0.2, 0.25) is 11.6 Å². The van der Waals surface area contributed by atoms with Gasteiger partial charge in [-0.1, -0.05) is 28.1 Å². The van der Waals surface area contributed by atoms with E-state index in [1.807, 2.05) is 18.2 Å². The maximum absolute atomic E-state index is 13.5. The molecule has 0 saturated carbocycles. The first-order valence-corrected chi connectivity index (χ1v) is 12.5. The quantitative estimate of drug-likeness (QED) is 0.123. The van der Waals surface area contributed by atoms with E-state index in [0.717, 1.165) is 14.5 Å². The highest BCUT2D eigenvalue weighted by molar-refractivity contribution is 9.10. The standard InChI is InChI=1S/C27H21BrN4O6/c1-3-36-23-12-16(11-21(32(34)35)25(23)37-4-2)15-29-31-26(30-20-8-6-5-7-19(20)27(31)33)24-14-17-13-18(28)9-10-22(17)38-24/h5-15H,3-4H2,1-2H3. The number of nitrogens with zero attached hydrogens (tertiary/aromatic N) is 4. The fourth-order valence-electron chi connectivity index (χ4n) is 4.01. The lowest BCUT2D eigenvalue weighted by molar-refractivity contribution is -0.385. The van der Waals surface area contributed by atoms with Gasteiger partial charge in [-0.25, -0.2) is 4.98 Å². The van der Waals surface area contributed by atoms with Crippen LogP contribution in [0.4, 0.5) is 5.69 Å². The van der Waals surface area contributed by atoms with Crippen molar-refractivity contribution in [1.82, 2.24) is 9.66 Å². The van der Waals surface area contributed by atoms with Crippen LogP contribution in [-0.2, 0) is 0 Å². The van der Waals surface area contributed by atoms with E-state index < -0.39 is 10.5 Å². The third-order valence-electron chi connectivity index (χ3n) is 5.62. The van der Waals surface area contributed by atoms with Gasteiger partial charge in [-0.3, -0.25) is 14.9 Å². The molecule has 0 radical (unpaired) electrons. The summed E-state index contributed by atoms with van der Waals surface area (Å²) in [7, 11) is 0. The van der Waals surface area contributed by atoms with Crippen LogP contribution in [0.5, 0.6) is 11.5 Å². The monoisotopic (exact) mass is 576 g/mol. The Labute approximate surface area is 224 Å². The van der Waals surface area contributed by atoms with Gasteiger partial charge in [0.15, 0.2) is 11.5 Å². The number of hydrogen-bond acceptors (Lipinski definition) is 8. The molecule has 2 heterocycles. The van der Waals surface area contributed by atoms with Crippen molar-refractivity contribution in [1.29, 1.82) is 0 Å². The summed E-state index contributed by atoms with van der Waals surface area (Å²) in [6.07, 6.45) is 1.34. The summed E-state index contributed by atoms with van der Waals surface area (Å²) in [5.74, 6) is 0.765. The van der Waals surface area contributed by atoms with Gasteiger partial charge >= 0.3 is 5.69 Å². The molecule has 0 saturated heterocycles. The fourth-order valence-corrected chi connectivity index (χ4v) is 4.39. The van der Waals surface area contributed by atoms with Crippen LogP contribution in [0.3, 0.4) is 0 Å². The van der Waals surface area contributed by atoms with Gasteiger partial charge in [0.1, 0.15) is 5.58 Å². The minimum Gasteiger partial charge on any atom is -0.490 e. The minimum absolute atomic E-state index is 0.0372. The van der Waals surface area contributed by atoms with Gasteiger partial charge < -0.3 is 13.9 Å². The maximum Gasteiger partial charge on any atom is 0.315 e. The molecular formula is C27H21BrN4O6. The van der Waals surface area contributed by atoms with E-state index >= 15 is 0 Å². The van der Waals surface area contributed by atoms with Crippen LogP contribution in [0.1, 0.15) is 19.4 Å². The van der Waals surface area contributed by atoms with E-state index in [1.54, 1.807) is 50.2 Å². The van der Waals surface area contributed by atoms with Crippen molar-refractivity contribution >= 4 is 49.7 Å². The molecule has 5 aromatic rings. The summed E-state index contributed by atoms with van der Waals surface area (Å²) in [5.41, 5.74) is 0.740. The first-order chi connectivity index (χ1) is 18.4. The van der Waals surface area contributed by atoms with Crippen LogP contribution in [0, 0.1) is 10.1 Å². The Morgan fingerprint density at radius 2 is 1.89 bits per heavy atom. The van der Waals surface area contributed by atoms with Crippen LogP contribution in [0.25, 0.3) is 33.5 Å². The van der Waals surface area contributed by atoms with E-state index in [1.165, 1.54) is 12.3 Å². The number of halogens is 1. The average Bonchev–Trinajstić information content (AvgIpc) is 3.32. The van der Waals surface area contributed by atoms with E-state index in [9.17, 15) is 14.9 Å². The van der Waals surface area contributed by atoms with E-state index in [4.69, 9.17) is 13.9 Å². The Kier molecular flexibility index (Phi) is 6.93. The van der Waals surface area contributed by atoms with Crippen molar-refractivity contribution in [3.63, 3.8) is 0 Å². The van der Waals surface area contributed by atoms with Crippen LogP contribution in [0.15, 0.2) is 79.4 Å². The van der Waals surface area contributed by atoms with Crippen molar-refractivity contribution in [3.05, 3.63) is 91.2 Å². The molecule has 0 amide bonds. The minimum atomic E-state index is -0.549. The summed E-state index contributed by atoms with van der Waals surface area (Å²) in [5, 5.41) is 17.3. The van der Waals surface area contributed by atoms with Crippen LogP contribution < -0.4 is 15.0 Å². The Hall–Kier alpha value is -4.51. The lowest BCUT2D eigenvalue weighted by Crippen LogP contribution is -2.20. The summed E-state index contributed by atoms with van der Waals surface area (Å²) < 4.78 is 19.1. The Balaban J connectivity index is 1.69. The molecule has 0 N–H and O–H groups in total. The maximum atomic E-state index is 13.5. The van der Waals surface area contributed by atoms with Crippen LogP contribution in [0.2, 0.25) is 0 Å². The zero-order valence-corrected chi connectivity index (χ0v) is 22.0. The fraction of sp³-hybridized carbons (Fsp3) is 0.148. The number of fused-ring (bicyclic) bond motifs is 2. The Morgan fingerprint density at radius 3 is 2.66 bits per heavy atom. The molecule has 11 heteroatoms. The highest BCUT2D eigenvalue weighted by atomic mass is 79.9. The molecule has 0 aliphatic heterocycles. The third kappa shape index (κ3) is 4.75. The molecule has 0 spiro atoms. The molecule has 0 unspecified atom stereocenters. The topological polar surface area (TPSA) is 122 Å². The molecule has 10 nitrogen and oxygen atoms in total. The predicted octanol–water partition coefficient (Wildman–Crippen LogP) is 6.16. The number of aromatic nitrogens is 2. The van der Waals surface area contributed by atoms with E-state index in [0.29, 0.717) is 27.8 Å². The average molecular weight is 577 g/mol. The highest BCUT2D eigenvalue weighted by Crippen LogP contribution is 2.38. The van der Waals surface area contributed by atoms with Crippen molar-refractivity contribution in [2.45, 2.75) is 13.8 Å². The third-order valence-corrected chi connectivity index (χ3v) is 6.11. The largest absolute Gasteiger partial charge is 0.490 e. The first-order valence-electron chi connectivity index (χ1n) is 11.7. The zero-order chi connectivity index (χ0) is 26.8. The number of nitro groups is 1. The van der Waals surface area contributed by atoms with Crippen LogP contribution >= 0.6 is 15.9 Å². The number of rotatable bonds is 8. The number of benzene rings is 3. The second-order valence-corrected chi connectivity index (χ2v) is 9.01. The molecular weight excluding hydrogens is 556 g/mol. The number of hydrogen-bond donors (Lipinski definition) is 0. The molecule has 38 heavy (non-hydrogen) atoms. The summed E-state index contributed by atoms with van der Waals surface area (Å²) in [6.45, 7) is 4.00. The van der Waals surface area contributed by atoms with Crippen molar-refractivity contribution in [2.24, 2.45) is 5.10 Å². The van der Waals surface area contributed by atoms with Gasteiger partial charge in [-0.05, 0) is 56.3 Å². The van der Waals surface area contributed by atoms with E-state index in [2.05, 4.69) is 26.0 Å². The van der Waals surface area contributed by atoms with Gasteiger partial charge in [-0.15, -0.1) is 0 Å². The van der Waals surface area contributed by atoms with Crippen molar-refractivity contribution < 1.29 is 18.8 Å². The molecule has 2 aromatic heterocycles. The van der Waals surface area contributed by atoms with Crippen molar-refractivity contribution in [3.8, 4) is 23.1 Å². The SMILES string of the molecule is CCOc1cc(C=Nn2c(-c3cc4cc(Br)ccc4o3)nc3ccccc3c2=O)cc([N+](=O)[O-])c1OCC. The first kappa shape index (κ1) is 25.2. The molecule has 0 fully saturated rings. The predicted molar refractivity (Wildman–Crippen MR) is 147 cm³/mol. The normalized spacial score (nSPS) is 11.4. The second kappa shape index (κ2) is 10.5. The molecule has 0 aliphatic carbocycles. The molecule has 192 valence electrons. The van der Waals surface area contributed by atoms with Gasteiger partial charge in [0.25, 0.3) is 5.56 Å². The lowest BCUT2D eigenvalue weighted by atomic mass is 10.2. The molecule has 5 rings (SSSR count). The molecule has 0 bridgehead atoms. The Morgan fingerprint density at radius 1 is 1.11 bits per heavy atom. The second-order valence-electron chi connectivity index (χ2n) is 8.10. The molecule has 3 aromatic carbocycles. The number of furan rings is 1. The molecule has 0 aliphatic rings. The Bertz CT molecular complexity index is 1780. The number of para-hydroxylation sites is 1.